The second kappa shape index (κ2) is 4.11. The van der Waals surface area contributed by atoms with Crippen LogP contribution in [0.15, 0.2) is 16.5 Å². The van der Waals surface area contributed by atoms with Gasteiger partial charge in [0.25, 0.3) is 0 Å². The van der Waals surface area contributed by atoms with Gasteiger partial charge >= 0.3 is 0 Å². The highest BCUT2D eigenvalue weighted by Crippen LogP contribution is 2.36. The van der Waals surface area contributed by atoms with Crippen LogP contribution in [0.25, 0.3) is 11.0 Å². The topological polar surface area (TPSA) is 39.2 Å². The molecule has 0 spiro atoms. The lowest BCUT2D eigenvalue weighted by Crippen LogP contribution is -1.99. The quantitative estimate of drug-likeness (QED) is 0.858. The van der Waals surface area contributed by atoms with Gasteiger partial charge in [0.05, 0.1) is 11.6 Å². The number of hydrogen-bond acceptors (Lipinski definition) is 2. The van der Waals surface area contributed by atoms with Crippen molar-refractivity contribution >= 4 is 22.6 Å². The largest absolute Gasteiger partial charge is 0.458 e. The molecule has 0 atom stereocenters. The minimum absolute atomic E-state index is 0.387. The summed E-state index contributed by atoms with van der Waals surface area (Å²) in [5, 5.41) is 1.76. The van der Waals surface area contributed by atoms with Crippen molar-refractivity contribution in [1.82, 2.24) is 0 Å². The van der Waals surface area contributed by atoms with Gasteiger partial charge in [0, 0.05) is 10.9 Å². The normalized spacial score (nSPS) is 11.6. The van der Waals surface area contributed by atoms with E-state index in [0.717, 1.165) is 22.3 Å². The molecule has 0 saturated heterocycles. The Hall–Kier alpha value is -0.990. The third-order valence-electron chi connectivity index (χ3n) is 2.77. The van der Waals surface area contributed by atoms with E-state index in [1.54, 1.807) is 0 Å². The van der Waals surface area contributed by atoms with E-state index in [4.69, 9.17) is 21.8 Å². The Kier molecular flexibility index (Phi) is 2.96. The van der Waals surface area contributed by atoms with Crippen molar-refractivity contribution in [2.75, 3.05) is 0 Å². The molecule has 0 aliphatic carbocycles. The van der Waals surface area contributed by atoms with E-state index in [9.17, 15) is 0 Å². The van der Waals surface area contributed by atoms with Crippen LogP contribution in [-0.2, 0) is 6.54 Å². The third kappa shape index (κ3) is 1.72. The van der Waals surface area contributed by atoms with Crippen molar-refractivity contribution in [2.24, 2.45) is 5.73 Å². The maximum atomic E-state index is 6.17. The number of rotatable bonds is 2. The second-order valence-electron chi connectivity index (χ2n) is 4.42. The third-order valence-corrected chi connectivity index (χ3v) is 3.05. The second-order valence-corrected chi connectivity index (χ2v) is 4.83. The van der Waals surface area contributed by atoms with Gasteiger partial charge in [-0.05, 0) is 30.5 Å². The molecule has 0 radical (unpaired) electrons. The van der Waals surface area contributed by atoms with E-state index in [0.29, 0.717) is 17.5 Å². The van der Waals surface area contributed by atoms with E-state index >= 15 is 0 Å². The highest BCUT2D eigenvalue weighted by molar-refractivity contribution is 6.35. The Morgan fingerprint density at radius 2 is 2.06 bits per heavy atom. The monoisotopic (exact) mass is 237 g/mol. The fraction of sp³-hybridized carbons (Fsp3) is 0.385. The van der Waals surface area contributed by atoms with Crippen LogP contribution in [0, 0.1) is 6.92 Å². The van der Waals surface area contributed by atoms with Crippen molar-refractivity contribution < 1.29 is 4.42 Å². The van der Waals surface area contributed by atoms with Crippen LogP contribution < -0.4 is 5.73 Å². The number of furan rings is 1. The van der Waals surface area contributed by atoms with Gasteiger partial charge in [-0.1, -0.05) is 25.4 Å². The van der Waals surface area contributed by atoms with Crippen LogP contribution in [0.5, 0.6) is 0 Å². The molecular weight excluding hydrogens is 222 g/mol. The first-order valence-corrected chi connectivity index (χ1v) is 5.84. The highest BCUT2D eigenvalue weighted by Gasteiger charge is 2.17. The molecule has 0 aliphatic rings. The maximum Gasteiger partial charge on any atom is 0.153 e. The minimum atomic E-state index is 0.387. The summed E-state index contributed by atoms with van der Waals surface area (Å²) in [6.07, 6.45) is 0. The Labute approximate surface area is 100 Å². The minimum Gasteiger partial charge on any atom is -0.458 e. The molecule has 0 amide bonds. The lowest BCUT2D eigenvalue weighted by molar-refractivity contribution is 0.541. The number of halogens is 1. The number of benzene rings is 1. The van der Waals surface area contributed by atoms with Crippen LogP contribution in [0.2, 0.25) is 5.02 Å². The first-order valence-electron chi connectivity index (χ1n) is 5.46. The Balaban J connectivity index is 2.84. The SMILES string of the molecule is Cc1cc(Cl)c2oc(CN)c(C(C)C)c2c1. The average Bonchev–Trinajstić information content (AvgIpc) is 2.56. The van der Waals surface area contributed by atoms with Crippen molar-refractivity contribution in [3.8, 4) is 0 Å². The van der Waals surface area contributed by atoms with Gasteiger partial charge in [0.1, 0.15) is 5.76 Å². The lowest BCUT2D eigenvalue weighted by atomic mass is 9.98. The predicted octanol–water partition coefficient (Wildman–Crippen LogP) is 3.98. The van der Waals surface area contributed by atoms with E-state index in [1.165, 1.54) is 5.56 Å². The number of fused-ring (bicyclic) bond motifs is 1. The predicted molar refractivity (Wildman–Crippen MR) is 67.9 cm³/mol. The zero-order valence-electron chi connectivity index (χ0n) is 9.80. The summed E-state index contributed by atoms with van der Waals surface area (Å²) in [5.41, 5.74) is 8.79. The molecule has 2 nitrogen and oxygen atoms in total. The summed E-state index contributed by atoms with van der Waals surface area (Å²) in [5.74, 6) is 1.23. The summed E-state index contributed by atoms with van der Waals surface area (Å²) in [7, 11) is 0. The van der Waals surface area contributed by atoms with Gasteiger partial charge in [0.2, 0.25) is 0 Å². The standard InChI is InChI=1S/C13H16ClNO/c1-7(2)12-9-4-8(3)5-10(14)13(9)16-11(12)6-15/h4-5,7H,6,15H2,1-3H3. The maximum absolute atomic E-state index is 6.17. The van der Waals surface area contributed by atoms with Crippen molar-refractivity contribution in [3.63, 3.8) is 0 Å². The van der Waals surface area contributed by atoms with E-state index in [1.807, 2.05) is 13.0 Å². The summed E-state index contributed by atoms with van der Waals surface area (Å²) < 4.78 is 5.74. The number of aryl methyl sites for hydroxylation is 1. The molecule has 16 heavy (non-hydrogen) atoms. The van der Waals surface area contributed by atoms with Crippen LogP contribution in [-0.4, -0.2) is 0 Å². The molecule has 0 saturated carbocycles. The van der Waals surface area contributed by atoms with Crippen LogP contribution in [0.3, 0.4) is 0 Å². The average molecular weight is 238 g/mol. The van der Waals surface area contributed by atoms with Crippen molar-refractivity contribution in [2.45, 2.75) is 33.2 Å². The summed E-state index contributed by atoms with van der Waals surface area (Å²) >= 11 is 6.17. The van der Waals surface area contributed by atoms with Crippen LogP contribution >= 0.6 is 11.6 Å². The Morgan fingerprint density at radius 3 is 2.62 bits per heavy atom. The molecular formula is C13H16ClNO. The van der Waals surface area contributed by atoms with Crippen LogP contribution in [0.4, 0.5) is 0 Å². The molecule has 1 aromatic carbocycles. The van der Waals surface area contributed by atoms with Gasteiger partial charge < -0.3 is 10.2 Å². The van der Waals surface area contributed by atoms with E-state index < -0.39 is 0 Å². The van der Waals surface area contributed by atoms with Gasteiger partial charge in [0.15, 0.2) is 5.58 Å². The number of nitrogens with two attached hydrogens (primary N) is 1. The van der Waals surface area contributed by atoms with Gasteiger partial charge in [-0.25, -0.2) is 0 Å². The Bertz CT molecular complexity index is 528. The molecule has 2 rings (SSSR count). The molecule has 0 unspecified atom stereocenters. The van der Waals surface area contributed by atoms with Crippen molar-refractivity contribution in [1.29, 1.82) is 0 Å². The molecule has 2 aromatic rings. The van der Waals surface area contributed by atoms with Crippen LogP contribution in [0.1, 0.15) is 36.7 Å². The van der Waals surface area contributed by atoms with Crippen molar-refractivity contribution in [3.05, 3.63) is 34.0 Å². The molecule has 3 heteroatoms. The molecule has 1 heterocycles. The molecule has 0 bridgehead atoms. The fourth-order valence-electron chi connectivity index (χ4n) is 2.15. The first-order chi connectivity index (χ1) is 7.54. The van der Waals surface area contributed by atoms with E-state index in [2.05, 4.69) is 19.9 Å². The first kappa shape index (κ1) is 11.5. The molecule has 1 aromatic heterocycles. The molecule has 0 aliphatic heterocycles. The highest BCUT2D eigenvalue weighted by atomic mass is 35.5. The zero-order chi connectivity index (χ0) is 11.9. The van der Waals surface area contributed by atoms with Gasteiger partial charge in [-0.15, -0.1) is 0 Å². The zero-order valence-corrected chi connectivity index (χ0v) is 10.6. The summed E-state index contributed by atoms with van der Waals surface area (Å²) in [6.45, 7) is 6.72. The molecule has 86 valence electrons. The van der Waals surface area contributed by atoms with E-state index in [-0.39, 0.29) is 0 Å². The van der Waals surface area contributed by atoms with Gasteiger partial charge in [-0.2, -0.15) is 0 Å². The van der Waals surface area contributed by atoms with Gasteiger partial charge in [-0.3, -0.25) is 0 Å². The summed E-state index contributed by atoms with van der Waals surface area (Å²) in [6, 6.07) is 4.02. The number of hydrogen-bond donors (Lipinski definition) is 1. The smallest absolute Gasteiger partial charge is 0.153 e. The lowest BCUT2D eigenvalue weighted by Gasteiger charge is -2.05. The Morgan fingerprint density at radius 1 is 1.38 bits per heavy atom. The molecule has 2 N–H and O–H groups in total. The summed E-state index contributed by atoms with van der Waals surface area (Å²) in [4.78, 5) is 0. The molecule has 0 fully saturated rings. The fourth-order valence-corrected chi connectivity index (χ4v) is 2.46.